The predicted octanol–water partition coefficient (Wildman–Crippen LogP) is 3.69. The molecule has 1 saturated heterocycles. The summed E-state index contributed by atoms with van der Waals surface area (Å²) in [4.78, 5) is 2.43. The van der Waals surface area contributed by atoms with Crippen LogP contribution in [0.2, 0.25) is 0 Å². The zero-order valence-corrected chi connectivity index (χ0v) is 14.7. The molecule has 1 unspecified atom stereocenters. The van der Waals surface area contributed by atoms with Gasteiger partial charge in [-0.3, -0.25) is 0 Å². The summed E-state index contributed by atoms with van der Waals surface area (Å²) in [5, 5.41) is 13.8. The number of hydrogen-bond acceptors (Lipinski definition) is 3. The maximum Gasteiger partial charge on any atom is 0.0637 e. The van der Waals surface area contributed by atoms with Gasteiger partial charge in [0, 0.05) is 29.8 Å². The number of nitrogens with zero attached hydrogens (tertiary/aromatic N) is 1. The first-order valence-corrected chi connectivity index (χ1v) is 8.77. The molecule has 1 aliphatic rings. The molecule has 3 nitrogen and oxygen atoms in total. The fourth-order valence-electron chi connectivity index (χ4n) is 2.88. The van der Waals surface area contributed by atoms with Crippen LogP contribution in [0.1, 0.15) is 45.1 Å². The van der Waals surface area contributed by atoms with Crippen LogP contribution in [0.4, 0.5) is 5.69 Å². The maximum absolute atomic E-state index is 10.3. The third-order valence-corrected chi connectivity index (χ3v) is 4.69. The highest BCUT2D eigenvalue weighted by Gasteiger charge is 2.25. The normalized spacial score (nSPS) is 23.1. The number of anilines is 1. The first kappa shape index (κ1) is 16.8. The average Bonchev–Trinajstić information content (AvgIpc) is 2.61. The van der Waals surface area contributed by atoms with E-state index in [0.29, 0.717) is 0 Å². The van der Waals surface area contributed by atoms with Crippen LogP contribution < -0.4 is 10.2 Å². The molecule has 2 N–H and O–H groups in total. The third kappa shape index (κ3) is 4.97. The van der Waals surface area contributed by atoms with Crippen molar-refractivity contribution in [1.82, 2.24) is 5.32 Å². The van der Waals surface area contributed by atoms with E-state index in [1.807, 2.05) is 6.92 Å². The van der Waals surface area contributed by atoms with Crippen LogP contribution in [0.25, 0.3) is 0 Å². The third-order valence-electron chi connectivity index (χ3n) is 4.19. The van der Waals surface area contributed by atoms with Crippen molar-refractivity contribution in [3.8, 4) is 0 Å². The summed E-state index contributed by atoms with van der Waals surface area (Å²) in [6.07, 6.45) is 3.92. The lowest BCUT2D eigenvalue weighted by Gasteiger charge is -2.27. The van der Waals surface area contributed by atoms with Crippen molar-refractivity contribution in [2.75, 3.05) is 24.5 Å². The second-order valence-corrected chi connectivity index (χ2v) is 7.20. The Morgan fingerprint density at radius 3 is 2.90 bits per heavy atom. The number of aliphatic hydroxyl groups is 1. The lowest BCUT2D eigenvalue weighted by atomic mass is 9.98. The molecule has 0 aliphatic carbocycles. The SMILES string of the molecule is CCCNCc1ccc(Br)cc1N1CCCC(C)(O)CC1. The summed E-state index contributed by atoms with van der Waals surface area (Å²) >= 11 is 3.59. The van der Waals surface area contributed by atoms with Crippen molar-refractivity contribution in [1.29, 1.82) is 0 Å². The van der Waals surface area contributed by atoms with Crippen LogP contribution in [-0.2, 0) is 6.54 Å². The molecule has 0 bridgehead atoms. The van der Waals surface area contributed by atoms with Crippen LogP contribution in [0.5, 0.6) is 0 Å². The largest absolute Gasteiger partial charge is 0.390 e. The van der Waals surface area contributed by atoms with E-state index in [1.165, 1.54) is 11.3 Å². The van der Waals surface area contributed by atoms with Crippen LogP contribution in [0.15, 0.2) is 22.7 Å². The topological polar surface area (TPSA) is 35.5 Å². The molecule has 0 amide bonds. The molecule has 0 aromatic heterocycles. The molecule has 1 aromatic rings. The zero-order valence-electron chi connectivity index (χ0n) is 13.2. The van der Waals surface area contributed by atoms with Crippen molar-refractivity contribution in [3.05, 3.63) is 28.2 Å². The molecule has 2 rings (SSSR count). The van der Waals surface area contributed by atoms with E-state index < -0.39 is 5.60 Å². The van der Waals surface area contributed by atoms with Gasteiger partial charge in [-0.1, -0.05) is 28.9 Å². The Balaban J connectivity index is 2.14. The summed E-state index contributed by atoms with van der Waals surface area (Å²) in [7, 11) is 0. The van der Waals surface area contributed by atoms with Gasteiger partial charge in [0.2, 0.25) is 0 Å². The Bertz CT molecular complexity index is 462. The molecule has 0 radical (unpaired) electrons. The van der Waals surface area contributed by atoms with Gasteiger partial charge in [0.05, 0.1) is 5.60 Å². The van der Waals surface area contributed by atoms with Crippen molar-refractivity contribution in [2.24, 2.45) is 0 Å². The smallest absolute Gasteiger partial charge is 0.0637 e. The number of rotatable bonds is 5. The predicted molar refractivity (Wildman–Crippen MR) is 92.8 cm³/mol. The summed E-state index contributed by atoms with van der Waals surface area (Å²) in [6.45, 7) is 8.04. The van der Waals surface area contributed by atoms with Gasteiger partial charge >= 0.3 is 0 Å². The highest BCUT2D eigenvalue weighted by molar-refractivity contribution is 9.10. The number of hydrogen-bond donors (Lipinski definition) is 2. The molecular formula is C17H27BrN2O. The molecule has 0 saturated carbocycles. The molecule has 1 aliphatic heterocycles. The maximum atomic E-state index is 10.3. The van der Waals surface area contributed by atoms with Crippen molar-refractivity contribution in [2.45, 2.75) is 51.7 Å². The van der Waals surface area contributed by atoms with Crippen LogP contribution in [0.3, 0.4) is 0 Å². The molecule has 1 heterocycles. The van der Waals surface area contributed by atoms with Gasteiger partial charge in [-0.15, -0.1) is 0 Å². The van der Waals surface area contributed by atoms with Gasteiger partial charge in [0.25, 0.3) is 0 Å². The molecular weight excluding hydrogens is 328 g/mol. The fourth-order valence-corrected chi connectivity index (χ4v) is 3.23. The van der Waals surface area contributed by atoms with E-state index in [0.717, 1.165) is 56.3 Å². The fraction of sp³-hybridized carbons (Fsp3) is 0.647. The Morgan fingerprint density at radius 2 is 2.14 bits per heavy atom. The van der Waals surface area contributed by atoms with Gasteiger partial charge < -0.3 is 15.3 Å². The molecule has 4 heteroatoms. The monoisotopic (exact) mass is 354 g/mol. The molecule has 1 fully saturated rings. The van der Waals surface area contributed by atoms with E-state index in [4.69, 9.17) is 0 Å². The van der Waals surface area contributed by atoms with Crippen molar-refractivity contribution < 1.29 is 5.11 Å². The van der Waals surface area contributed by atoms with Gasteiger partial charge in [-0.2, -0.15) is 0 Å². The second-order valence-electron chi connectivity index (χ2n) is 6.29. The summed E-state index contributed by atoms with van der Waals surface area (Å²) in [5.41, 5.74) is 2.13. The first-order chi connectivity index (χ1) is 10.0. The van der Waals surface area contributed by atoms with Gasteiger partial charge in [0.15, 0.2) is 0 Å². The minimum absolute atomic E-state index is 0.513. The van der Waals surface area contributed by atoms with Crippen molar-refractivity contribution in [3.63, 3.8) is 0 Å². The van der Waals surface area contributed by atoms with Crippen LogP contribution in [0, 0.1) is 0 Å². The van der Waals surface area contributed by atoms with Gasteiger partial charge in [-0.05, 0) is 56.8 Å². The van der Waals surface area contributed by atoms with Gasteiger partial charge in [-0.25, -0.2) is 0 Å². The number of nitrogens with one attached hydrogen (secondary N) is 1. The standard InChI is InChI=1S/C17H27BrN2O/c1-3-9-19-13-14-5-6-15(18)12-16(14)20-10-4-7-17(2,21)8-11-20/h5-6,12,19,21H,3-4,7-11,13H2,1-2H3. The van der Waals surface area contributed by atoms with E-state index >= 15 is 0 Å². The molecule has 118 valence electrons. The minimum atomic E-state index is -0.513. The van der Waals surface area contributed by atoms with Crippen molar-refractivity contribution >= 4 is 21.6 Å². The molecule has 1 atom stereocenters. The quantitative estimate of drug-likeness (QED) is 0.791. The van der Waals surface area contributed by atoms with Crippen LogP contribution >= 0.6 is 15.9 Å². The lowest BCUT2D eigenvalue weighted by Crippen LogP contribution is -2.29. The second kappa shape index (κ2) is 7.61. The van der Waals surface area contributed by atoms with E-state index in [9.17, 15) is 5.11 Å². The van der Waals surface area contributed by atoms with Gasteiger partial charge in [0.1, 0.15) is 0 Å². The molecule has 1 aromatic carbocycles. The minimum Gasteiger partial charge on any atom is -0.390 e. The van der Waals surface area contributed by atoms with E-state index in [-0.39, 0.29) is 0 Å². The summed E-state index contributed by atoms with van der Waals surface area (Å²) in [5.74, 6) is 0. The summed E-state index contributed by atoms with van der Waals surface area (Å²) in [6, 6.07) is 6.52. The average molecular weight is 355 g/mol. The number of benzene rings is 1. The Kier molecular flexibility index (Phi) is 6.08. The first-order valence-electron chi connectivity index (χ1n) is 7.98. The Morgan fingerprint density at radius 1 is 1.33 bits per heavy atom. The van der Waals surface area contributed by atoms with E-state index in [2.05, 4.69) is 51.3 Å². The van der Waals surface area contributed by atoms with Crippen LogP contribution in [-0.4, -0.2) is 30.3 Å². The number of halogens is 1. The zero-order chi connectivity index (χ0) is 15.3. The molecule has 21 heavy (non-hydrogen) atoms. The highest BCUT2D eigenvalue weighted by atomic mass is 79.9. The lowest BCUT2D eigenvalue weighted by molar-refractivity contribution is 0.0481. The Labute approximate surface area is 136 Å². The highest BCUT2D eigenvalue weighted by Crippen LogP contribution is 2.30. The summed E-state index contributed by atoms with van der Waals surface area (Å²) < 4.78 is 1.12. The molecule has 0 spiro atoms. The Hall–Kier alpha value is -0.580. The van der Waals surface area contributed by atoms with E-state index in [1.54, 1.807) is 0 Å².